The Morgan fingerprint density at radius 2 is 2.29 bits per heavy atom. The Morgan fingerprint density at radius 1 is 1.43 bits per heavy atom. The average molecular weight is 301 g/mol. The molecule has 0 saturated heterocycles. The first kappa shape index (κ1) is 14.3. The first-order valence-electron chi connectivity index (χ1n) is 7.15. The van der Waals surface area contributed by atoms with Gasteiger partial charge in [-0.05, 0) is 48.6 Å². The lowest BCUT2D eigenvalue weighted by Crippen LogP contribution is -2.32. The molecule has 0 saturated carbocycles. The van der Waals surface area contributed by atoms with Crippen LogP contribution in [0.15, 0.2) is 29.6 Å². The van der Waals surface area contributed by atoms with E-state index in [1.165, 1.54) is 10.4 Å². The summed E-state index contributed by atoms with van der Waals surface area (Å²) in [6.07, 6.45) is 1.99. The van der Waals surface area contributed by atoms with Crippen LogP contribution in [0.2, 0.25) is 0 Å². The van der Waals surface area contributed by atoms with Crippen molar-refractivity contribution in [3.8, 4) is 5.75 Å². The Labute approximate surface area is 129 Å². The molecule has 0 bridgehead atoms. The van der Waals surface area contributed by atoms with Gasteiger partial charge in [0.2, 0.25) is 0 Å². The maximum atomic E-state index is 11.0. The summed E-state index contributed by atoms with van der Waals surface area (Å²) in [5.74, 6) is 0.851. The van der Waals surface area contributed by atoms with E-state index in [4.69, 9.17) is 4.74 Å². The zero-order chi connectivity index (χ0) is 14.8. The topological polar surface area (TPSA) is 29.5 Å². The number of ether oxygens (including phenoxy) is 1. The number of thiophene rings is 1. The van der Waals surface area contributed by atoms with Crippen LogP contribution in [0.4, 0.5) is 0 Å². The van der Waals surface area contributed by atoms with E-state index in [-0.39, 0.29) is 0 Å². The highest BCUT2D eigenvalue weighted by atomic mass is 32.1. The number of methoxy groups -OCH3 is 1. The second kappa shape index (κ2) is 6.00. The summed E-state index contributed by atoms with van der Waals surface area (Å²) in [4.78, 5) is 14.9. The van der Waals surface area contributed by atoms with Gasteiger partial charge in [0.25, 0.3) is 0 Å². The van der Waals surface area contributed by atoms with Crippen molar-refractivity contribution in [2.75, 3.05) is 13.7 Å². The monoisotopic (exact) mass is 301 g/mol. The van der Waals surface area contributed by atoms with Crippen molar-refractivity contribution in [2.24, 2.45) is 0 Å². The average Bonchev–Trinajstić information content (AvgIpc) is 2.99. The van der Waals surface area contributed by atoms with Gasteiger partial charge in [-0.1, -0.05) is 0 Å². The Balaban J connectivity index is 1.85. The summed E-state index contributed by atoms with van der Waals surface area (Å²) in [6.45, 7) is 4.10. The number of carbonyl (C=O) groups excluding carboxylic acids is 1. The van der Waals surface area contributed by atoms with E-state index in [2.05, 4.69) is 23.3 Å². The van der Waals surface area contributed by atoms with E-state index in [9.17, 15) is 4.79 Å². The Kier molecular flexibility index (Phi) is 4.08. The Hall–Kier alpha value is -1.65. The van der Waals surface area contributed by atoms with Gasteiger partial charge >= 0.3 is 0 Å². The summed E-state index contributed by atoms with van der Waals surface area (Å²) in [6, 6.07) is 8.25. The van der Waals surface area contributed by atoms with Crippen LogP contribution in [-0.2, 0) is 13.0 Å². The molecule has 4 heteroatoms. The summed E-state index contributed by atoms with van der Waals surface area (Å²) in [5, 5.41) is 2.18. The fourth-order valence-corrected chi connectivity index (χ4v) is 3.95. The van der Waals surface area contributed by atoms with Gasteiger partial charge < -0.3 is 4.74 Å². The zero-order valence-electron chi connectivity index (χ0n) is 12.3. The molecule has 1 aromatic heterocycles. The molecular weight excluding hydrogens is 282 g/mol. The molecule has 1 aliphatic heterocycles. The van der Waals surface area contributed by atoms with Crippen molar-refractivity contribution in [2.45, 2.75) is 25.9 Å². The van der Waals surface area contributed by atoms with Crippen molar-refractivity contribution in [3.63, 3.8) is 0 Å². The predicted molar refractivity (Wildman–Crippen MR) is 85.2 cm³/mol. The van der Waals surface area contributed by atoms with Gasteiger partial charge in [0.15, 0.2) is 0 Å². The third kappa shape index (κ3) is 2.74. The second-order valence-electron chi connectivity index (χ2n) is 5.38. The normalized spacial score (nSPS) is 18.3. The molecule has 1 unspecified atom stereocenters. The van der Waals surface area contributed by atoms with Crippen molar-refractivity contribution in [3.05, 3.63) is 51.2 Å². The highest BCUT2D eigenvalue weighted by molar-refractivity contribution is 7.10. The third-order valence-corrected chi connectivity index (χ3v) is 5.21. The lowest BCUT2D eigenvalue weighted by molar-refractivity contribution is 0.112. The van der Waals surface area contributed by atoms with Gasteiger partial charge in [0.1, 0.15) is 12.0 Å². The molecule has 0 fully saturated rings. The smallest absolute Gasteiger partial charge is 0.150 e. The minimum atomic E-state index is 0.407. The maximum Gasteiger partial charge on any atom is 0.150 e. The van der Waals surface area contributed by atoms with Gasteiger partial charge in [-0.25, -0.2) is 0 Å². The van der Waals surface area contributed by atoms with E-state index >= 15 is 0 Å². The number of nitrogens with zero attached hydrogens (tertiary/aromatic N) is 1. The molecule has 0 spiro atoms. The van der Waals surface area contributed by atoms with Gasteiger partial charge in [0.05, 0.1) is 7.11 Å². The van der Waals surface area contributed by atoms with Gasteiger partial charge in [-0.2, -0.15) is 0 Å². The summed E-state index contributed by atoms with van der Waals surface area (Å²) < 4.78 is 5.44. The lowest BCUT2D eigenvalue weighted by Gasteiger charge is -2.34. The van der Waals surface area contributed by atoms with E-state index in [1.54, 1.807) is 13.2 Å². The highest BCUT2D eigenvalue weighted by Crippen LogP contribution is 2.34. The van der Waals surface area contributed by atoms with Crippen LogP contribution in [0.1, 0.15) is 39.3 Å². The van der Waals surface area contributed by atoms with Gasteiger partial charge in [0, 0.05) is 35.1 Å². The molecule has 21 heavy (non-hydrogen) atoms. The van der Waals surface area contributed by atoms with Crippen molar-refractivity contribution >= 4 is 17.6 Å². The quantitative estimate of drug-likeness (QED) is 0.807. The molecule has 1 atom stereocenters. The Morgan fingerprint density at radius 3 is 3.05 bits per heavy atom. The summed E-state index contributed by atoms with van der Waals surface area (Å²) in [5.41, 5.74) is 3.22. The minimum Gasteiger partial charge on any atom is -0.496 e. The van der Waals surface area contributed by atoms with Crippen LogP contribution >= 0.6 is 11.3 Å². The van der Waals surface area contributed by atoms with E-state index in [0.29, 0.717) is 11.6 Å². The van der Waals surface area contributed by atoms with Crippen LogP contribution in [-0.4, -0.2) is 24.8 Å². The molecule has 3 nitrogen and oxygen atoms in total. The fraction of sp³-hybridized carbons (Fsp3) is 0.353. The van der Waals surface area contributed by atoms with Crippen LogP contribution in [0.5, 0.6) is 5.75 Å². The molecule has 2 heterocycles. The van der Waals surface area contributed by atoms with Crippen LogP contribution in [0.25, 0.3) is 0 Å². The molecule has 0 radical (unpaired) electrons. The van der Waals surface area contributed by atoms with Gasteiger partial charge in [-0.15, -0.1) is 11.3 Å². The first-order chi connectivity index (χ1) is 10.2. The van der Waals surface area contributed by atoms with Gasteiger partial charge in [-0.3, -0.25) is 9.69 Å². The third-order valence-electron chi connectivity index (χ3n) is 4.22. The fourth-order valence-electron chi connectivity index (χ4n) is 2.99. The van der Waals surface area contributed by atoms with Crippen molar-refractivity contribution in [1.29, 1.82) is 0 Å². The maximum absolute atomic E-state index is 11.0. The van der Waals surface area contributed by atoms with E-state index in [0.717, 1.165) is 37.1 Å². The second-order valence-corrected chi connectivity index (χ2v) is 6.39. The Bertz CT molecular complexity index is 650. The number of hydrogen-bond donors (Lipinski definition) is 0. The molecule has 1 aromatic carbocycles. The van der Waals surface area contributed by atoms with Crippen molar-refractivity contribution < 1.29 is 9.53 Å². The number of carbonyl (C=O) groups is 1. The SMILES string of the molecule is COc1ccc(C=O)cc1CN1CCc2sccc2C1C. The molecule has 1 aliphatic rings. The predicted octanol–water partition coefficient (Wildman–Crippen LogP) is 3.69. The molecule has 0 aliphatic carbocycles. The molecule has 0 N–H and O–H groups in total. The van der Waals surface area contributed by atoms with E-state index < -0.39 is 0 Å². The molecule has 2 aromatic rings. The summed E-state index contributed by atoms with van der Waals surface area (Å²) in [7, 11) is 1.68. The zero-order valence-corrected chi connectivity index (χ0v) is 13.2. The van der Waals surface area contributed by atoms with Crippen molar-refractivity contribution in [1.82, 2.24) is 4.90 Å². The first-order valence-corrected chi connectivity index (χ1v) is 8.03. The number of benzene rings is 1. The minimum absolute atomic E-state index is 0.407. The highest BCUT2D eigenvalue weighted by Gasteiger charge is 2.25. The number of aldehydes is 1. The number of rotatable bonds is 4. The molecule has 3 rings (SSSR count). The largest absolute Gasteiger partial charge is 0.496 e. The van der Waals surface area contributed by atoms with Crippen LogP contribution in [0.3, 0.4) is 0 Å². The lowest BCUT2D eigenvalue weighted by atomic mass is 10.00. The van der Waals surface area contributed by atoms with E-state index in [1.807, 2.05) is 23.5 Å². The summed E-state index contributed by atoms with van der Waals surface area (Å²) >= 11 is 1.85. The number of fused-ring (bicyclic) bond motifs is 1. The van der Waals surface area contributed by atoms with Crippen LogP contribution in [0, 0.1) is 0 Å². The number of hydrogen-bond acceptors (Lipinski definition) is 4. The molecular formula is C17H19NO2S. The molecule has 0 amide bonds. The van der Waals surface area contributed by atoms with Crippen LogP contribution < -0.4 is 4.74 Å². The molecule has 110 valence electrons. The standard InChI is InChI=1S/C17H19NO2S/c1-12-15-6-8-21-17(15)5-7-18(12)10-14-9-13(11-19)3-4-16(14)20-2/h3-4,6,8-9,11-12H,5,7,10H2,1-2H3.